The predicted octanol–water partition coefficient (Wildman–Crippen LogP) is 3.10. The van der Waals surface area contributed by atoms with Crippen molar-refractivity contribution in [2.45, 2.75) is 43.7 Å². The minimum atomic E-state index is -0.413. The summed E-state index contributed by atoms with van der Waals surface area (Å²) < 4.78 is 0. The first-order valence-electron chi connectivity index (χ1n) is 8.99. The molecule has 2 aromatic carbocycles. The Balaban J connectivity index is 1.45. The second-order valence-electron chi connectivity index (χ2n) is 7.18. The molecule has 0 aromatic heterocycles. The highest BCUT2D eigenvalue weighted by Gasteiger charge is 2.34. The zero-order valence-electron chi connectivity index (χ0n) is 13.9. The number of aliphatic hydroxyl groups excluding tert-OH is 1. The third kappa shape index (κ3) is 2.94. The van der Waals surface area contributed by atoms with Crippen LogP contribution >= 0.6 is 0 Å². The molecule has 0 radical (unpaired) electrons. The molecule has 2 aromatic rings. The number of hydrogen-bond donors (Lipinski definition) is 2. The van der Waals surface area contributed by atoms with Gasteiger partial charge in [-0.1, -0.05) is 42.5 Å². The molecule has 1 saturated heterocycles. The van der Waals surface area contributed by atoms with Crippen molar-refractivity contribution < 1.29 is 10.2 Å². The van der Waals surface area contributed by atoms with Crippen molar-refractivity contribution in [3.8, 4) is 5.75 Å². The van der Waals surface area contributed by atoms with E-state index in [1.54, 1.807) is 6.07 Å². The van der Waals surface area contributed by atoms with Crippen LogP contribution in [-0.2, 0) is 12.8 Å². The van der Waals surface area contributed by atoms with Crippen LogP contribution in [0.4, 0.5) is 0 Å². The Morgan fingerprint density at radius 3 is 2.46 bits per heavy atom. The van der Waals surface area contributed by atoms with Crippen molar-refractivity contribution in [2.75, 3.05) is 13.1 Å². The van der Waals surface area contributed by atoms with Gasteiger partial charge in [-0.05, 0) is 55.0 Å². The van der Waals surface area contributed by atoms with Gasteiger partial charge in [0.15, 0.2) is 0 Å². The van der Waals surface area contributed by atoms with Crippen molar-refractivity contribution >= 4 is 0 Å². The lowest BCUT2D eigenvalue weighted by molar-refractivity contribution is 0.0257. The van der Waals surface area contributed by atoms with Crippen molar-refractivity contribution in [1.29, 1.82) is 0 Å². The highest BCUT2D eigenvalue weighted by molar-refractivity contribution is 5.36. The molecule has 3 nitrogen and oxygen atoms in total. The molecule has 24 heavy (non-hydrogen) atoms. The Bertz CT molecular complexity index is 714. The first-order chi connectivity index (χ1) is 11.7. The summed E-state index contributed by atoms with van der Waals surface area (Å²) in [5, 5.41) is 20.8. The molecule has 2 aliphatic rings. The largest absolute Gasteiger partial charge is 0.508 e. The van der Waals surface area contributed by atoms with Crippen molar-refractivity contribution in [3.63, 3.8) is 0 Å². The number of nitrogens with zero attached hydrogens (tertiary/aromatic N) is 1. The van der Waals surface area contributed by atoms with Crippen LogP contribution in [0.15, 0.2) is 48.5 Å². The van der Waals surface area contributed by atoms with Crippen LogP contribution in [0, 0.1) is 0 Å². The van der Waals surface area contributed by atoms with Gasteiger partial charge in [0.05, 0.1) is 6.10 Å². The summed E-state index contributed by atoms with van der Waals surface area (Å²) in [4.78, 5) is 2.46. The molecule has 1 aliphatic carbocycles. The molecule has 126 valence electrons. The van der Waals surface area contributed by atoms with Gasteiger partial charge in [-0.2, -0.15) is 0 Å². The van der Waals surface area contributed by atoms with E-state index in [1.165, 1.54) is 17.5 Å². The Kier molecular flexibility index (Phi) is 4.30. The van der Waals surface area contributed by atoms with Gasteiger partial charge in [0.1, 0.15) is 5.75 Å². The number of piperidine rings is 1. The van der Waals surface area contributed by atoms with Crippen molar-refractivity contribution in [2.24, 2.45) is 0 Å². The van der Waals surface area contributed by atoms with Crippen LogP contribution in [0.5, 0.6) is 5.75 Å². The minimum Gasteiger partial charge on any atom is -0.508 e. The fourth-order valence-electron chi connectivity index (χ4n) is 4.44. The van der Waals surface area contributed by atoms with E-state index in [0.29, 0.717) is 18.3 Å². The zero-order valence-corrected chi connectivity index (χ0v) is 13.9. The Morgan fingerprint density at radius 2 is 1.67 bits per heavy atom. The summed E-state index contributed by atoms with van der Waals surface area (Å²) >= 11 is 0. The molecule has 2 N–H and O–H groups in total. The highest BCUT2D eigenvalue weighted by Crippen LogP contribution is 2.35. The number of aryl methyl sites for hydroxylation is 1. The van der Waals surface area contributed by atoms with Crippen molar-refractivity contribution in [1.82, 2.24) is 4.90 Å². The van der Waals surface area contributed by atoms with Gasteiger partial charge in [-0.25, -0.2) is 0 Å². The monoisotopic (exact) mass is 323 g/mol. The van der Waals surface area contributed by atoms with Crippen molar-refractivity contribution in [3.05, 3.63) is 65.2 Å². The number of aromatic hydroxyl groups is 1. The summed E-state index contributed by atoms with van der Waals surface area (Å²) in [6, 6.07) is 16.7. The van der Waals surface area contributed by atoms with Crippen LogP contribution in [0.2, 0.25) is 0 Å². The average molecular weight is 323 g/mol. The summed E-state index contributed by atoms with van der Waals surface area (Å²) in [7, 11) is 0. The van der Waals surface area contributed by atoms with Gasteiger partial charge >= 0.3 is 0 Å². The number of aliphatic hydroxyl groups is 1. The number of likely N-dealkylation sites (tertiary alicyclic amines) is 1. The number of phenols is 1. The third-order valence-electron chi connectivity index (χ3n) is 5.79. The standard InChI is InChI=1S/C21H25NO2/c23-20-8-4-3-7-18(20)19-11-12-22(14-21(19)24)17-10-9-15-5-1-2-6-16(15)13-17/h1-8,17,19,21,23-24H,9-14H2. The lowest BCUT2D eigenvalue weighted by Gasteiger charge is -2.42. The van der Waals surface area contributed by atoms with Gasteiger partial charge in [-0.3, -0.25) is 4.90 Å². The quantitative estimate of drug-likeness (QED) is 0.892. The van der Waals surface area contributed by atoms with Gasteiger partial charge in [0.25, 0.3) is 0 Å². The number of β-amino-alcohol motifs (C(OH)–C–C–N with tert-alkyl or cyclic N) is 1. The lowest BCUT2D eigenvalue weighted by Crippen LogP contribution is -2.49. The zero-order chi connectivity index (χ0) is 16.5. The second kappa shape index (κ2) is 6.58. The Hall–Kier alpha value is -1.84. The molecule has 3 unspecified atom stereocenters. The maximum absolute atomic E-state index is 10.7. The van der Waals surface area contributed by atoms with Gasteiger partial charge in [-0.15, -0.1) is 0 Å². The molecule has 0 amide bonds. The first kappa shape index (κ1) is 15.7. The normalized spacial score (nSPS) is 27.6. The SMILES string of the molecule is Oc1ccccc1C1CCN(C2CCc3ccccc3C2)CC1O. The van der Waals surface area contributed by atoms with E-state index in [9.17, 15) is 10.2 Å². The number of para-hydroxylation sites is 1. The highest BCUT2D eigenvalue weighted by atomic mass is 16.3. The summed E-state index contributed by atoms with van der Waals surface area (Å²) in [5.74, 6) is 0.347. The lowest BCUT2D eigenvalue weighted by atomic mass is 9.83. The predicted molar refractivity (Wildman–Crippen MR) is 95.3 cm³/mol. The van der Waals surface area contributed by atoms with Crippen LogP contribution in [0.3, 0.4) is 0 Å². The summed E-state index contributed by atoms with van der Waals surface area (Å²) in [6.45, 7) is 1.69. The van der Waals surface area contributed by atoms with Gasteiger partial charge < -0.3 is 10.2 Å². The minimum absolute atomic E-state index is 0.0401. The van der Waals surface area contributed by atoms with Gasteiger partial charge in [0, 0.05) is 18.5 Å². The van der Waals surface area contributed by atoms with E-state index in [0.717, 1.165) is 31.4 Å². The Labute approximate surface area is 143 Å². The van der Waals surface area contributed by atoms with E-state index >= 15 is 0 Å². The molecular formula is C21H25NO2. The number of benzene rings is 2. The van der Waals surface area contributed by atoms with Crippen LogP contribution in [0.25, 0.3) is 0 Å². The fraction of sp³-hybridized carbons (Fsp3) is 0.429. The smallest absolute Gasteiger partial charge is 0.119 e. The third-order valence-corrected chi connectivity index (χ3v) is 5.79. The molecule has 0 saturated carbocycles. The summed E-state index contributed by atoms with van der Waals surface area (Å²) in [5.41, 5.74) is 3.84. The molecular weight excluding hydrogens is 298 g/mol. The number of hydrogen-bond acceptors (Lipinski definition) is 3. The molecule has 4 rings (SSSR count). The van der Waals surface area contributed by atoms with Crippen LogP contribution < -0.4 is 0 Å². The second-order valence-corrected chi connectivity index (χ2v) is 7.18. The van der Waals surface area contributed by atoms with E-state index in [2.05, 4.69) is 29.2 Å². The summed E-state index contributed by atoms with van der Waals surface area (Å²) in [6.07, 6.45) is 3.88. The molecule has 3 atom stereocenters. The molecule has 1 fully saturated rings. The Morgan fingerprint density at radius 1 is 0.917 bits per heavy atom. The number of fused-ring (bicyclic) bond motifs is 1. The fourth-order valence-corrected chi connectivity index (χ4v) is 4.44. The number of rotatable bonds is 2. The molecule has 3 heteroatoms. The van der Waals surface area contributed by atoms with E-state index in [-0.39, 0.29) is 5.92 Å². The maximum atomic E-state index is 10.7. The topological polar surface area (TPSA) is 43.7 Å². The molecule has 0 bridgehead atoms. The first-order valence-corrected chi connectivity index (χ1v) is 8.99. The van der Waals surface area contributed by atoms with Crippen LogP contribution in [0.1, 0.15) is 35.4 Å². The number of phenolic OH excluding ortho intramolecular Hbond substituents is 1. The average Bonchev–Trinajstić information content (AvgIpc) is 2.62. The molecule has 0 spiro atoms. The molecule has 1 aliphatic heterocycles. The van der Waals surface area contributed by atoms with E-state index in [1.807, 2.05) is 18.2 Å². The van der Waals surface area contributed by atoms with Crippen LogP contribution in [-0.4, -0.2) is 40.3 Å². The van der Waals surface area contributed by atoms with E-state index < -0.39 is 6.10 Å². The van der Waals surface area contributed by atoms with Gasteiger partial charge in [0.2, 0.25) is 0 Å². The van der Waals surface area contributed by atoms with E-state index in [4.69, 9.17) is 0 Å². The molecule has 1 heterocycles. The maximum Gasteiger partial charge on any atom is 0.119 e.